The second-order valence-electron chi connectivity index (χ2n) is 8.26. The lowest BCUT2D eigenvalue weighted by atomic mass is 9.94. The lowest BCUT2D eigenvalue weighted by Gasteiger charge is -2.21. The van der Waals surface area contributed by atoms with Crippen LogP contribution in [0.2, 0.25) is 0 Å². The minimum atomic E-state index is -4.71. The summed E-state index contributed by atoms with van der Waals surface area (Å²) in [6, 6.07) is 9.67. The van der Waals surface area contributed by atoms with Gasteiger partial charge in [0, 0.05) is 41.0 Å². The lowest BCUT2D eigenvalue weighted by molar-refractivity contribution is -0.0224. The number of phosphoric ester groups is 1. The number of hydrogen-bond acceptors (Lipinski definition) is 7. The molecule has 1 aromatic carbocycles. The lowest BCUT2D eigenvalue weighted by Crippen LogP contribution is -2.29. The Balaban J connectivity index is 1.68. The van der Waals surface area contributed by atoms with Gasteiger partial charge in [0.15, 0.2) is 0 Å². The predicted octanol–water partition coefficient (Wildman–Crippen LogP) is 2.47. The molecule has 0 aliphatic carbocycles. The van der Waals surface area contributed by atoms with E-state index in [1.54, 1.807) is 13.0 Å². The van der Waals surface area contributed by atoms with Crippen molar-refractivity contribution in [2.24, 2.45) is 5.92 Å². The first-order valence-electron chi connectivity index (χ1n) is 10.9. The third kappa shape index (κ3) is 4.82. The van der Waals surface area contributed by atoms with E-state index in [-0.39, 0.29) is 0 Å². The molecule has 1 fully saturated rings. The molecule has 2 aromatic heterocycles. The number of nitrogens with one attached hydrogen (secondary N) is 1. The Morgan fingerprint density at radius 2 is 1.91 bits per heavy atom. The third-order valence-corrected chi connectivity index (χ3v) is 6.68. The summed E-state index contributed by atoms with van der Waals surface area (Å²) < 4.78 is 21.3. The molecule has 4 atom stereocenters. The Kier molecular flexibility index (Phi) is 6.59. The number of aromatic nitrogens is 2. The number of benzene rings is 1. The normalized spacial score (nSPS) is 23.5. The second kappa shape index (κ2) is 9.13. The molecule has 3 aromatic rings. The third-order valence-electron chi connectivity index (χ3n) is 6.20. The molecule has 0 radical (unpaired) electrons. The topological polar surface area (TPSA) is 145 Å². The first-order chi connectivity index (χ1) is 15.6. The number of H-pyrrole nitrogens is 1. The summed E-state index contributed by atoms with van der Waals surface area (Å²) in [5, 5.41) is 12.1. The van der Waals surface area contributed by atoms with Crippen LogP contribution in [0.3, 0.4) is 0 Å². The first-order valence-corrected chi connectivity index (χ1v) is 12.4. The molecule has 11 heteroatoms. The van der Waals surface area contributed by atoms with Gasteiger partial charge in [-0.15, -0.1) is 0 Å². The van der Waals surface area contributed by atoms with Crippen molar-refractivity contribution in [3.05, 3.63) is 46.2 Å². The molecule has 1 unspecified atom stereocenters. The smallest absolute Gasteiger partial charge is 0.390 e. The van der Waals surface area contributed by atoms with Gasteiger partial charge in [0.25, 0.3) is 5.56 Å². The average molecular weight is 477 g/mol. The Morgan fingerprint density at radius 1 is 1.18 bits per heavy atom. The van der Waals surface area contributed by atoms with Crippen LogP contribution < -0.4 is 10.5 Å². The van der Waals surface area contributed by atoms with E-state index in [1.807, 2.05) is 24.3 Å². The van der Waals surface area contributed by atoms with Crippen molar-refractivity contribution >= 4 is 35.4 Å². The Morgan fingerprint density at radius 3 is 2.58 bits per heavy atom. The highest BCUT2D eigenvalue weighted by atomic mass is 31.2. The van der Waals surface area contributed by atoms with Crippen LogP contribution in [0.1, 0.15) is 32.4 Å². The van der Waals surface area contributed by atoms with Crippen LogP contribution in [0.5, 0.6) is 0 Å². The summed E-state index contributed by atoms with van der Waals surface area (Å²) in [4.78, 5) is 40.4. The van der Waals surface area contributed by atoms with Gasteiger partial charge < -0.3 is 29.5 Å². The minimum absolute atomic E-state index is 0.314. The van der Waals surface area contributed by atoms with E-state index in [2.05, 4.69) is 33.2 Å². The molecule has 4 rings (SSSR count). The maximum Gasteiger partial charge on any atom is 0.469 e. The first kappa shape index (κ1) is 23.8. The van der Waals surface area contributed by atoms with Crippen molar-refractivity contribution in [2.75, 3.05) is 24.6 Å². The highest BCUT2D eigenvalue weighted by Gasteiger charge is 2.43. The SMILES string of the molecule is CCN(CC)c1ccc2cc3cc([C@@H]4O[C@H](COP(=O)(O)O)[C@H](O)C4C)c(=O)[nH]c3nc2c1. The van der Waals surface area contributed by atoms with E-state index in [4.69, 9.17) is 14.5 Å². The molecule has 3 heterocycles. The number of fused-ring (bicyclic) bond motifs is 2. The number of pyridine rings is 2. The molecule has 10 nitrogen and oxygen atoms in total. The summed E-state index contributed by atoms with van der Waals surface area (Å²) >= 11 is 0. The van der Waals surface area contributed by atoms with Gasteiger partial charge in [-0.3, -0.25) is 9.32 Å². The van der Waals surface area contributed by atoms with E-state index >= 15 is 0 Å². The van der Waals surface area contributed by atoms with Gasteiger partial charge in [0.2, 0.25) is 0 Å². The van der Waals surface area contributed by atoms with E-state index in [0.717, 1.165) is 29.7 Å². The molecular formula is C22H28N3O7P. The maximum absolute atomic E-state index is 12.9. The molecule has 0 amide bonds. The van der Waals surface area contributed by atoms with Gasteiger partial charge in [-0.1, -0.05) is 13.0 Å². The van der Waals surface area contributed by atoms with Crippen molar-refractivity contribution in [3.8, 4) is 0 Å². The van der Waals surface area contributed by atoms with Gasteiger partial charge in [0.1, 0.15) is 11.8 Å². The van der Waals surface area contributed by atoms with Crippen LogP contribution in [0.25, 0.3) is 21.9 Å². The number of aromatic amines is 1. The summed E-state index contributed by atoms with van der Waals surface area (Å²) in [7, 11) is -4.71. The fraction of sp³-hybridized carbons (Fsp3) is 0.455. The van der Waals surface area contributed by atoms with Crippen molar-refractivity contribution in [2.45, 2.75) is 39.1 Å². The summed E-state index contributed by atoms with van der Waals surface area (Å²) in [6.07, 6.45) is -2.79. The predicted molar refractivity (Wildman–Crippen MR) is 124 cm³/mol. The standard InChI is InChI=1S/C22H28N3O7P/c1-4-25(5-2)15-7-6-13-8-14-9-16(22(27)24-21(14)23-17(13)10-15)20-12(3)19(26)18(32-20)11-31-33(28,29)30/h6-10,12,18-20,26H,4-5,11H2,1-3H3,(H,23,24,27)(H2,28,29,30)/t12?,18-,19-,20-/m1/s1. The largest absolute Gasteiger partial charge is 0.469 e. The molecular weight excluding hydrogens is 449 g/mol. The summed E-state index contributed by atoms with van der Waals surface area (Å²) in [6.45, 7) is 7.16. The number of hydrogen-bond donors (Lipinski definition) is 4. The van der Waals surface area contributed by atoms with Gasteiger partial charge in [-0.2, -0.15) is 0 Å². The van der Waals surface area contributed by atoms with Crippen LogP contribution in [0.4, 0.5) is 5.69 Å². The molecule has 1 saturated heterocycles. The van der Waals surface area contributed by atoms with Crippen LogP contribution in [-0.4, -0.2) is 56.8 Å². The number of nitrogens with zero attached hydrogens (tertiary/aromatic N) is 2. The second-order valence-corrected chi connectivity index (χ2v) is 9.50. The van der Waals surface area contributed by atoms with Crippen molar-refractivity contribution in [1.29, 1.82) is 0 Å². The Hall–Kier alpha value is -2.33. The maximum atomic E-state index is 12.9. The Bertz CT molecular complexity index is 1270. The van der Waals surface area contributed by atoms with Crippen LogP contribution in [-0.2, 0) is 13.8 Å². The van der Waals surface area contributed by atoms with Gasteiger partial charge in [0.05, 0.1) is 24.3 Å². The number of aliphatic hydroxyl groups excluding tert-OH is 1. The molecule has 0 bridgehead atoms. The quantitative estimate of drug-likeness (QED) is 0.298. The number of ether oxygens (including phenoxy) is 1. The highest BCUT2D eigenvalue weighted by Crippen LogP contribution is 2.41. The fourth-order valence-corrected chi connectivity index (χ4v) is 4.71. The zero-order valence-corrected chi connectivity index (χ0v) is 19.5. The monoisotopic (exact) mass is 477 g/mol. The molecule has 178 valence electrons. The number of rotatable bonds is 7. The molecule has 4 N–H and O–H groups in total. The molecule has 0 saturated carbocycles. The number of anilines is 1. The van der Waals surface area contributed by atoms with E-state index in [1.165, 1.54) is 0 Å². The highest BCUT2D eigenvalue weighted by molar-refractivity contribution is 7.46. The minimum Gasteiger partial charge on any atom is -0.390 e. The number of aliphatic hydroxyl groups is 1. The van der Waals surface area contributed by atoms with Crippen LogP contribution in [0, 0.1) is 5.92 Å². The molecule has 1 aliphatic rings. The van der Waals surface area contributed by atoms with E-state index < -0.39 is 44.2 Å². The van der Waals surface area contributed by atoms with Crippen molar-refractivity contribution in [3.63, 3.8) is 0 Å². The van der Waals surface area contributed by atoms with Crippen molar-refractivity contribution in [1.82, 2.24) is 9.97 Å². The van der Waals surface area contributed by atoms with E-state index in [9.17, 15) is 14.5 Å². The van der Waals surface area contributed by atoms with E-state index in [0.29, 0.717) is 16.6 Å². The zero-order chi connectivity index (χ0) is 23.9. The van der Waals surface area contributed by atoms with Gasteiger partial charge in [-0.05, 0) is 38.1 Å². The average Bonchev–Trinajstić information content (AvgIpc) is 3.04. The zero-order valence-electron chi connectivity index (χ0n) is 18.6. The summed E-state index contributed by atoms with van der Waals surface area (Å²) in [5.74, 6) is -0.487. The van der Waals surface area contributed by atoms with Crippen LogP contribution in [0.15, 0.2) is 35.1 Å². The van der Waals surface area contributed by atoms with Crippen LogP contribution >= 0.6 is 7.82 Å². The van der Waals surface area contributed by atoms with Crippen molar-refractivity contribution < 1.29 is 28.7 Å². The number of phosphoric acid groups is 1. The molecule has 0 spiro atoms. The summed E-state index contributed by atoms with van der Waals surface area (Å²) in [5.41, 5.74) is 2.19. The van der Waals surface area contributed by atoms with Gasteiger partial charge >= 0.3 is 7.82 Å². The molecule has 1 aliphatic heterocycles. The van der Waals surface area contributed by atoms with Gasteiger partial charge in [-0.25, -0.2) is 9.55 Å². The molecule has 33 heavy (non-hydrogen) atoms. The Labute approximate surface area is 190 Å². The fourth-order valence-electron chi connectivity index (χ4n) is 4.37.